The van der Waals surface area contributed by atoms with Crippen LogP contribution in [0.25, 0.3) is 11.1 Å². The molecule has 0 aromatic heterocycles. The zero-order chi connectivity index (χ0) is 24.9. The van der Waals surface area contributed by atoms with Crippen LogP contribution in [-0.2, 0) is 6.42 Å². The molecule has 35 heavy (non-hydrogen) atoms. The summed E-state index contributed by atoms with van der Waals surface area (Å²) in [6.07, 6.45) is 1.38. The highest BCUT2D eigenvalue weighted by Gasteiger charge is 2.29. The van der Waals surface area contributed by atoms with E-state index in [1.165, 1.54) is 7.11 Å². The first kappa shape index (κ1) is 24.3. The van der Waals surface area contributed by atoms with Crippen LogP contribution in [0.4, 0.5) is 5.69 Å². The smallest absolute Gasteiger partial charge is 0.220 e. The zero-order valence-corrected chi connectivity index (χ0v) is 21.0. The summed E-state index contributed by atoms with van der Waals surface area (Å²) < 4.78 is 22.4. The van der Waals surface area contributed by atoms with Crippen LogP contribution in [-0.4, -0.2) is 33.6 Å². The summed E-state index contributed by atoms with van der Waals surface area (Å²) in [5.74, 6) is 1.88. The van der Waals surface area contributed by atoms with Crippen molar-refractivity contribution in [3.8, 4) is 34.1 Å². The van der Waals surface area contributed by atoms with Gasteiger partial charge in [0.1, 0.15) is 0 Å². The van der Waals surface area contributed by atoms with Gasteiger partial charge >= 0.3 is 0 Å². The predicted molar refractivity (Wildman–Crippen MR) is 141 cm³/mol. The molecule has 0 saturated carbocycles. The fourth-order valence-corrected chi connectivity index (χ4v) is 4.72. The quantitative estimate of drug-likeness (QED) is 0.479. The molecule has 1 aliphatic carbocycles. The Labute approximate surface area is 210 Å². The minimum absolute atomic E-state index is 0.217. The Morgan fingerprint density at radius 3 is 2.26 bits per heavy atom. The second kappa shape index (κ2) is 10.7. The maximum absolute atomic E-state index is 13.0. The minimum atomic E-state index is -0.243. The van der Waals surface area contributed by atoms with Crippen LogP contribution < -0.4 is 35.0 Å². The lowest BCUT2D eigenvalue weighted by Crippen LogP contribution is -2.32. The van der Waals surface area contributed by atoms with Crippen molar-refractivity contribution in [2.45, 2.75) is 18.9 Å². The number of anilines is 1. The summed E-state index contributed by atoms with van der Waals surface area (Å²) >= 11 is 5.62. The number of hydrogen-bond acceptors (Lipinski definition) is 6. The van der Waals surface area contributed by atoms with Crippen molar-refractivity contribution >= 4 is 23.0 Å². The number of nitrogens with one attached hydrogen (secondary N) is 2. The van der Waals surface area contributed by atoms with E-state index in [0.717, 1.165) is 27.9 Å². The molecule has 1 aliphatic rings. The lowest BCUT2D eigenvalue weighted by Gasteiger charge is -2.21. The minimum Gasteiger partial charge on any atom is -0.493 e. The van der Waals surface area contributed by atoms with E-state index in [9.17, 15) is 4.79 Å². The van der Waals surface area contributed by atoms with E-state index in [-0.39, 0.29) is 17.2 Å². The number of fused-ring (bicyclic) bond motifs is 3. The Hall–Kier alpha value is -3.78. The number of rotatable bonds is 6. The molecule has 8 heteroatoms. The van der Waals surface area contributed by atoms with Gasteiger partial charge in [-0.1, -0.05) is 24.3 Å². The van der Waals surface area contributed by atoms with Crippen molar-refractivity contribution in [2.24, 2.45) is 0 Å². The highest BCUT2D eigenvalue weighted by Crippen LogP contribution is 2.50. The second-order valence-corrected chi connectivity index (χ2v) is 8.42. The van der Waals surface area contributed by atoms with E-state index in [1.807, 2.05) is 42.5 Å². The number of para-hydroxylation sites is 1. The van der Waals surface area contributed by atoms with E-state index in [1.54, 1.807) is 33.5 Å². The van der Waals surface area contributed by atoms with Crippen LogP contribution in [0.2, 0.25) is 0 Å². The van der Waals surface area contributed by atoms with Crippen LogP contribution in [0, 0.1) is 0 Å². The Bertz CT molecular complexity index is 1300. The van der Waals surface area contributed by atoms with Gasteiger partial charge in [-0.15, -0.1) is 0 Å². The first-order chi connectivity index (χ1) is 17.0. The predicted octanol–water partition coefficient (Wildman–Crippen LogP) is 4.72. The molecule has 3 aromatic carbocycles. The molecule has 0 saturated heterocycles. The highest BCUT2D eigenvalue weighted by molar-refractivity contribution is 7.80. The van der Waals surface area contributed by atoms with Gasteiger partial charge in [0.25, 0.3) is 0 Å². The van der Waals surface area contributed by atoms with Crippen molar-refractivity contribution in [1.82, 2.24) is 5.32 Å². The van der Waals surface area contributed by atoms with Gasteiger partial charge in [-0.2, -0.15) is 0 Å². The van der Waals surface area contributed by atoms with Gasteiger partial charge in [-0.3, -0.25) is 4.79 Å². The number of aryl methyl sites for hydroxylation is 1. The SMILES string of the molecule is COc1cc2c(c(OC)c1OC)-c1ccc(OC)c(=O)cc1[C@@H](NC(=S)Nc1ccccc1)CC2. The molecule has 3 aromatic rings. The molecule has 4 rings (SSSR count). The van der Waals surface area contributed by atoms with Crippen molar-refractivity contribution < 1.29 is 18.9 Å². The molecule has 0 radical (unpaired) electrons. The average molecular weight is 493 g/mol. The molecular formula is C27H28N2O5S. The molecule has 0 aliphatic heterocycles. The molecule has 0 unspecified atom stereocenters. The van der Waals surface area contributed by atoms with Crippen molar-refractivity contribution in [3.05, 3.63) is 75.9 Å². The van der Waals surface area contributed by atoms with E-state index >= 15 is 0 Å². The Morgan fingerprint density at radius 2 is 1.60 bits per heavy atom. The molecule has 0 spiro atoms. The largest absolute Gasteiger partial charge is 0.493 e. The van der Waals surface area contributed by atoms with Crippen LogP contribution in [0.5, 0.6) is 23.0 Å². The molecule has 2 N–H and O–H groups in total. The molecule has 0 heterocycles. The van der Waals surface area contributed by atoms with Crippen molar-refractivity contribution in [2.75, 3.05) is 33.8 Å². The van der Waals surface area contributed by atoms with Gasteiger partial charge in [-0.25, -0.2) is 0 Å². The summed E-state index contributed by atoms with van der Waals surface area (Å²) in [7, 11) is 6.26. The summed E-state index contributed by atoms with van der Waals surface area (Å²) in [4.78, 5) is 13.0. The monoisotopic (exact) mass is 492 g/mol. The Kier molecular flexibility index (Phi) is 7.41. The van der Waals surface area contributed by atoms with Crippen LogP contribution in [0.1, 0.15) is 23.6 Å². The highest BCUT2D eigenvalue weighted by atomic mass is 32.1. The third kappa shape index (κ3) is 4.88. The molecule has 182 valence electrons. The maximum atomic E-state index is 13.0. The Morgan fingerprint density at radius 1 is 0.886 bits per heavy atom. The molecule has 0 amide bonds. The Balaban J connectivity index is 1.87. The van der Waals surface area contributed by atoms with E-state index in [2.05, 4.69) is 10.6 Å². The van der Waals surface area contributed by atoms with Gasteiger partial charge in [0.05, 0.1) is 34.5 Å². The van der Waals surface area contributed by atoms with E-state index in [0.29, 0.717) is 35.2 Å². The summed E-state index contributed by atoms with van der Waals surface area (Å²) in [5.41, 5.74) is 4.15. The van der Waals surface area contributed by atoms with Crippen molar-refractivity contribution in [1.29, 1.82) is 0 Å². The van der Waals surface area contributed by atoms with Gasteiger partial charge in [0, 0.05) is 11.3 Å². The van der Waals surface area contributed by atoms with Crippen molar-refractivity contribution in [3.63, 3.8) is 0 Å². The molecule has 7 nitrogen and oxygen atoms in total. The topological polar surface area (TPSA) is 78.0 Å². The van der Waals surface area contributed by atoms with Gasteiger partial charge in [0.15, 0.2) is 22.4 Å². The van der Waals surface area contributed by atoms with Crippen LogP contribution >= 0.6 is 12.2 Å². The summed E-state index contributed by atoms with van der Waals surface area (Å²) in [6.45, 7) is 0. The lowest BCUT2D eigenvalue weighted by atomic mass is 9.95. The van der Waals surface area contributed by atoms with E-state index in [4.69, 9.17) is 31.2 Å². The fraction of sp³-hybridized carbons (Fsp3) is 0.259. The third-order valence-electron chi connectivity index (χ3n) is 6.06. The number of hydrogen-bond donors (Lipinski definition) is 2. The summed E-state index contributed by atoms with van der Waals surface area (Å²) in [6, 6.07) is 16.6. The fourth-order valence-electron chi connectivity index (χ4n) is 4.46. The maximum Gasteiger partial charge on any atom is 0.220 e. The second-order valence-electron chi connectivity index (χ2n) is 8.01. The number of benzene rings is 2. The molecule has 0 bridgehead atoms. The third-order valence-corrected chi connectivity index (χ3v) is 6.28. The standard InChI is InChI=1S/C27H28N2O5S/c1-31-22-13-11-18-19(15-21(22)30)20(29-27(35)28-17-8-6-5-7-9-17)12-10-16-14-23(32-2)25(33-3)26(34-4)24(16)18/h5-9,11,13-15,20H,10,12H2,1-4H3,(H2,28,29,35)/t20-/m0/s1. The molecule has 0 fully saturated rings. The lowest BCUT2D eigenvalue weighted by molar-refractivity contribution is 0.324. The van der Waals surface area contributed by atoms with Gasteiger partial charge in [-0.05, 0) is 72.1 Å². The number of methoxy groups -OCH3 is 4. The van der Waals surface area contributed by atoms with Crippen LogP contribution in [0.15, 0.2) is 59.4 Å². The number of thiocarbonyl (C=S) groups is 1. The first-order valence-electron chi connectivity index (χ1n) is 11.2. The van der Waals surface area contributed by atoms with Gasteiger partial charge < -0.3 is 29.6 Å². The molecule has 1 atom stereocenters. The van der Waals surface area contributed by atoms with Gasteiger partial charge in [0.2, 0.25) is 11.2 Å². The zero-order valence-electron chi connectivity index (χ0n) is 20.1. The normalized spacial score (nSPS) is 14.0. The average Bonchev–Trinajstić information content (AvgIpc) is 3.11. The van der Waals surface area contributed by atoms with E-state index < -0.39 is 0 Å². The first-order valence-corrected chi connectivity index (χ1v) is 11.6. The van der Waals surface area contributed by atoms with Crippen LogP contribution in [0.3, 0.4) is 0 Å². The number of ether oxygens (including phenoxy) is 4. The molecular weight excluding hydrogens is 464 g/mol. The summed E-state index contributed by atoms with van der Waals surface area (Å²) in [5, 5.41) is 7.09.